The molecule has 0 saturated heterocycles. The summed E-state index contributed by atoms with van der Waals surface area (Å²) in [5, 5.41) is 11.1. The third-order valence-electron chi connectivity index (χ3n) is 3.93. The van der Waals surface area contributed by atoms with Crippen LogP contribution in [0.4, 0.5) is 5.69 Å². The molecule has 0 amide bonds. The minimum Gasteiger partial charge on any atom is -0.486 e. The lowest BCUT2D eigenvalue weighted by Crippen LogP contribution is -2.21. The molecular formula is C16H19NO4. The number of allylic oxidation sites excluding steroid dienone is 2. The Morgan fingerprint density at radius 2 is 2.10 bits per heavy atom. The fraction of sp³-hybridized carbons (Fsp3) is 0.438. The highest BCUT2D eigenvalue weighted by Crippen LogP contribution is 2.31. The summed E-state index contributed by atoms with van der Waals surface area (Å²) in [6.45, 7) is 3.99. The maximum absolute atomic E-state index is 11.3. The molecule has 1 aliphatic carbocycles. The van der Waals surface area contributed by atoms with Gasteiger partial charge in [0.15, 0.2) is 11.5 Å². The molecule has 0 N–H and O–H groups in total. The van der Waals surface area contributed by atoms with Crippen molar-refractivity contribution in [3.05, 3.63) is 46.0 Å². The summed E-state index contributed by atoms with van der Waals surface area (Å²) in [6.07, 6.45) is 6.23. The van der Waals surface area contributed by atoms with E-state index >= 15 is 0 Å². The molecule has 0 radical (unpaired) electrons. The van der Waals surface area contributed by atoms with Gasteiger partial charge in [-0.15, -0.1) is 0 Å². The van der Waals surface area contributed by atoms with Gasteiger partial charge >= 0.3 is 5.69 Å². The highest BCUT2D eigenvalue weighted by Gasteiger charge is 2.22. The zero-order chi connectivity index (χ0) is 15.4. The Bertz CT molecular complexity index is 580. The fourth-order valence-electron chi connectivity index (χ4n) is 2.44. The molecule has 0 fully saturated rings. The molecule has 0 heterocycles. The summed E-state index contributed by atoms with van der Waals surface area (Å²) in [4.78, 5) is 21.9. The number of ketones is 1. The first-order chi connectivity index (χ1) is 9.99. The first kappa shape index (κ1) is 15.2. The van der Waals surface area contributed by atoms with Crippen molar-refractivity contribution in [3.8, 4) is 5.75 Å². The van der Waals surface area contributed by atoms with Gasteiger partial charge in [-0.05, 0) is 43.7 Å². The quantitative estimate of drug-likeness (QED) is 0.358. The molecule has 112 valence electrons. The molecule has 0 bridgehead atoms. The number of rotatable bonds is 5. The largest absolute Gasteiger partial charge is 0.486 e. The first-order valence-corrected chi connectivity index (χ1v) is 7.06. The number of benzene rings is 1. The molecule has 1 aromatic rings. The van der Waals surface area contributed by atoms with Gasteiger partial charge in [0.1, 0.15) is 0 Å². The average molecular weight is 289 g/mol. The maximum Gasteiger partial charge on any atom is 0.311 e. The third-order valence-corrected chi connectivity index (χ3v) is 3.93. The Balaban J connectivity index is 2.14. The number of ether oxygens (including phenoxy) is 1. The molecule has 1 aromatic carbocycles. The van der Waals surface area contributed by atoms with Crippen LogP contribution in [0.2, 0.25) is 0 Å². The van der Waals surface area contributed by atoms with Gasteiger partial charge in [0.2, 0.25) is 0 Å². The van der Waals surface area contributed by atoms with Gasteiger partial charge in [0.05, 0.1) is 11.5 Å². The highest BCUT2D eigenvalue weighted by atomic mass is 16.6. The molecule has 0 spiro atoms. The molecule has 1 aliphatic rings. The average Bonchev–Trinajstić information content (AvgIpc) is 2.46. The Labute approximate surface area is 123 Å². The number of carbonyl (C=O) groups is 1. The van der Waals surface area contributed by atoms with Crippen molar-refractivity contribution in [2.45, 2.75) is 26.7 Å². The molecule has 5 heteroatoms. The van der Waals surface area contributed by atoms with Crippen molar-refractivity contribution in [2.24, 2.45) is 11.8 Å². The van der Waals surface area contributed by atoms with E-state index in [0.717, 1.165) is 12.8 Å². The van der Waals surface area contributed by atoms with Crippen LogP contribution in [0.5, 0.6) is 5.75 Å². The van der Waals surface area contributed by atoms with Crippen molar-refractivity contribution in [1.82, 2.24) is 0 Å². The Kier molecular flexibility index (Phi) is 4.73. The lowest BCUT2D eigenvalue weighted by molar-refractivity contribution is -0.385. The molecule has 2 atom stereocenters. The van der Waals surface area contributed by atoms with Gasteiger partial charge in [-0.3, -0.25) is 14.9 Å². The molecule has 0 aliphatic heterocycles. The normalized spacial score (nSPS) is 21.0. The van der Waals surface area contributed by atoms with Gasteiger partial charge in [0, 0.05) is 11.6 Å². The van der Waals surface area contributed by atoms with Gasteiger partial charge < -0.3 is 4.74 Å². The van der Waals surface area contributed by atoms with Crippen LogP contribution in [0, 0.1) is 22.0 Å². The Morgan fingerprint density at radius 3 is 2.71 bits per heavy atom. The fourth-order valence-corrected chi connectivity index (χ4v) is 2.44. The zero-order valence-corrected chi connectivity index (χ0v) is 12.2. The molecule has 2 rings (SSSR count). The summed E-state index contributed by atoms with van der Waals surface area (Å²) < 4.78 is 5.66. The molecule has 5 nitrogen and oxygen atoms in total. The van der Waals surface area contributed by atoms with Crippen LogP contribution in [-0.4, -0.2) is 17.3 Å². The summed E-state index contributed by atoms with van der Waals surface area (Å²) in [7, 11) is 0. The number of Topliss-reactive ketones (excluding diaryl/α,β-unsaturated/α-hetero) is 1. The van der Waals surface area contributed by atoms with Crippen LogP contribution in [-0.2, 0) is 0 Å². The van der Waals surface area contributed by atoms with Crippen LogP contribution in [0.25, 0.3) is 0 Å². The van der Waals surface area contributed by atoms with Crippen LogP contribution in [0.3, 0.4) is 0 Å². The number of carbonyl (C=O) groups excluding carboxylic acids is 1. The van der Waals surface area contributed by atoms with Gasteiger partial charge in [-0.1, -0.05) is 19.1 Å². The molecule has 2 unspecified atom stereocenters. The first-order valence-electron chi connectivity index (χ1n) is 7.06. The minimum absolute atomic E-state index is 0.151. The van der Waals surface area contributed by atoms with E-state index in [-0.39, 0.29) is 17.2 Å². The van der Waals surface area contributed by atoms with E-state index < -0.39 is 4.92 Å². The smallest absolute Gasteiger partial charge is 0.311 e. The second-order valence-corrected chi connectivity index (χ2v) is 5.49. The van der Waals surface area contributed by atoms with E-state index in [4.69, 9.17) is 4.74 Å². The van der Waals surface area contributed by atoms with Crippen LogP contribution < -0.4 is 4.74 Å². The minimum atomic E-state index is -0.508. The van der Waals surface area contributed by atoms with Crippen molar-refractivity contribution < 1.29 is 14.5 Å². The monoisotopic (exact) mass is 289 g/mol. The second-order valence-electron chi connectivity index (χ2n) is 5.49. The van der Waals surface area contributed by atoms with Crippen LogP contribution >= 0.6 is 0 Å². The number of hydrogen-bond acceptors (Lipinski definition) is 4. The van der Waals surface area contributed by atoms with Crippen LogP contribution in [0.1, 0.15) is 37.0 Å². The van der Waals surface area contributed by atoms with E-state index in [2.05, 4.69) is 19.1 Å². The number of hydrogen-bond donors (Lipinski definition) is 0. The predicted molar refractivity (Wildman–Crippen MR) is 79.6 cm³/mol. The second kappa shape index (κ2) is 6.52. The van der Waals surface area contributed by atoms with Gasteiger partial charge in [0.25, 0.3) is 0 Å². The molecule has 0 aromatic heterocycles. The zero-order valence-electron chi connectivity index (χ0n) is 12.2. The molecular weight excluding hydrogens is 270 g/mol. The number of nitro groups is 1. The predicted octanol–water partition coefficient (Wildman–Crippen LogP) is 3.78. The van der Waals surface area contributed by atoms with E-state index in [9.17, 15) is 14.9 Å². The molecule has 21 heavy (non-hydrogen) atoms. The number of nitrogens with zero attached hydrogens (tertiary/aromatic N) is 1. The standard InChI is InChI=1S/C16H19NO4/c1-11-5-3-4-6-14(11)10-21-16-8-7-13(12(2)18)9-15(16)17(19)20/h3-4,7-9,11,14H,5-6,10H2,1-2H3. The third kappa shape index (κ3) is 3.68. The van der Waals surface area contributed by atoms with Gasteiger partial charge in [-0.2, -0.15) is 0 Å². The van der Waals surface area contributed by atoms with Crippen molar-refractivity contribution in [2.75, 3.05) is 6.61 Å². The topological polar surface area (TPSA) is 69.4 Å². The van der Waals surface area contributed by atoms with E-state index in [1.807, 2.05) is 0 Å². The van der Waals surface area contributed by atoms with E-state index in [0.29, 0.717) is 24.0 Å². The van der Waals surface area contributed by atoms with E-state index in [1.54, 1.807) is 6.07 Å². The highest BCUT2D eigenvalue weighted by molar-refractivity contribution is 5.95. The van der Waals surface area contributed by atoms with Crippen molar-refractivity contribution in [3.63, 3.8) is 0 Å². The summed E-state index contributed by atoms with van der Waals surface area (Å²) in [5.74, 6) is 0.898. The SMILES string of the molecule is CC(=O)c1ccc(OCC2CC=CCC2C)c([N+](=O)[O-])c1. The summed E-state index contributed by atoms with van der Waals surface area (Å²) in [6, 6.07) is 4.36. The summed E-state index contributed by atoms with van der Waals surface area (Å²) >= 11 is 0. The van der Waals surface area contributed by atoms with Gasteiger partial charge in [-0.25, -0.2) is 0 Å². The number of nitro benzene ring substituents is 1. The van der Waals surface area contributed by atoms with Crippen molar-refractivity contribution >= 4 is 11.5 Å². The van der Waals surface area contributed by atoms with E-state index in [1.165, 1.54) is 19.1 Å². The molecule has 0 saturated carbocycles. The lowest BCUT2D eigenvalue weighted by atomic mass is 9.85. The lowest BCUT2D eigenvalue weighted by Gasteiger charge is -2.25. The summed E-state index contributed by atoms with van der Waals surface area (Å²) in [5.41, 5.74) is 0.171. The Morgan fingerprint density at radius 1 is 1.38 bits per heavy atom. The van der Waals surface area contributed by atoms with Crippen molar-refractivity contribution in [1.29, 1.82) is 0 Å². The van der Waals surface area contributed by atoms with Crippen LogP contribution in [0.15, 0.2) is 30.4 Å². The maximum atomic E-state index is 11.3. The Hall–Kier alpha value is -2.17.